The summed E-state index contributed by atoms with van der Waals surface area (Å²) in [5.74, 6) is -2.64. The number of nitro benzene ring substituents is 1. The molecule has 0 saturated heterocycles. The second kappa shape index (κ2) is 14.6. The van der Waals surface area contributed by atoms with E-state index in [1.807, 2.05) is 6.92 Å². The molecule has 0 radical (unpaired) electrons. The molecule has 0 bridgehead atoms. The molecular weight excluding hydrogens is 558 g/mol. The van der Waals surface area contributed by atoms with Gasteiger partial charge in [-0.15, -0.1) is 0 Å². The highest BCUT2D eigenvalue weighted by atomic mass is 16.6. The number of rotatable bonds is 12. The van der Waals surface area contributed by atoms with Gasteiger partial charge in [-0.1, -0.05) is 31.5 Å². The maximum absolute atomic E-state index is 13.3. The van der Waals surface area contributed by atoms with Crippen molar-refractivity contribution < 1.29 is 43.1 Å². The molecule has 0 aliphatic carbocycles. The van der Waals surface area contributed by atoms with Gasteiger partial charge in [-0.2, -0.15) is 15.2 Å². The van der Waals surface area contributed by atoms with E-state index in [4.69, 9.17) is 23.7 Å². The third-order valence-electron chi connectivity index (χ3n) is 5.29. The van der Waals surface area contributed by atoms with Crippen molar-refractivity contribution in [3.8, 4) is 17.6 Å². The number of carbonyl (C=O) groups is 2. The normalized spacial score (nSPS) is 14.3. The number of hydrogen-bond donors (Lipinski definition) is 0. The molecule has 42 heavy (non-hydrogen) atoms. The number of aliphatic imine (C=N–C) groups is 1. The number of hydrogen-bond acceptors (Lipinski definition) is 13. The van der Waals surface area contributed by atoms with Crippen LogP contribution in [0.4, 0.5) is 10.5 Å². The molecule has 1 heterocycles. The molecule has 0 fully saturated rings. The minimum absolute atomic E-state index is 0.00948. The standard InChI is InChI=1S/C26H25N5O11/c1-3-5-13-39-26(33)29-24(41-19-12-11-17(15-27)20(14-19)30(34)35)22(31(36)37)23(40-16-21(32)38-4-2)28-25(29)42-18-9-7-6-8-10-18/h6-12,14,25H,3-5,13,16H2,1-2H3. The van der Waals surface area contributed by atoms with E-state index >= 15 is 0 Å². The number of nitro groups is 2. The molecule has 1 aliphatic rings. The van der Waals surface area contributed by atoms with E-state index in [1.165, 1.54) is 12.1 Å². The van der Waals surface area contributed by atoms with Gasteiger partial charge >= 0.3 is 23.7 Å². The molecule has 1 unspecified atom stereocenters. The third kappa shape index (κ3) is 7.69. The van der Waals surface area contributed by atoms with Gasteiger partial charge in [0.25, 0.3) is 17.9 Å². The van der Waals surface area contributed by atoms with Crippen LogP contribution in [0.25, 0.3) is 0 Å². The summed E-state index contributed by atoms with van der Waals surface area (Å²) in [6, 6.07) is 12.7. The lowest BCUT2D eigenvalue weighted by Gasteiger charge is -2.31. The maximum atomic E-state index is 13.3. The Hall–Kier alpha value is -5.72. The van der Waals surface area contributed by atoms with Crippen molar-refractivity contribution >= 4 is 23.6 Å². The summed E-state index contributed by atoms with van der Waals surface area (Å²) in [7, 11) is 0. The van der Waals surface area contributed by atoms with Crippen LogP contribution in [0.1, 0.15) is 32.3 Å². The molecule has 1 aliphatic heterocycles. The Kier molecular flexibility index (Phi) is 10.7. The Morgan fingerprint density at radius 1 is 1.05 bits per heavy atom. The van der Waals surface area contributed by atoms with Crippen molar-refractivity contribution in [2.75, 3.05) is 19.8 Å². The number of benzene rings is 2. The van der Waals surface area contributed by atoms with Crippen LogP contribution in [-0.2, 0) is 19.0 Å². The molecule has 1 amide bonds. The first-order chi connectivity index (χ1) is 20.2. The Morgan fingerprint density at radius 2 is 1.79 bits per heavy atom. The summed E-state index contributed by atoms with van der Waals surface area (Å²) in [4.78, 5) is 52.0. The number of para-hydroxylation sites is 1. The highest BCUT2D eigenvalue weighted by Crippen LogP contribution is 2.32. The molecule has 0 spiro atoms. The second-order valence-electron chi connectivity index (χ2n) is 8.18. The van der Waals surface area contributed by atoms with E-state index in [1.54, 1.807) is 31.2 Å². The fourth-order valence-corrected chi connectivity index (χ4v) is 3.39. The summed E-state index contributed by atoms with van der Waals surface area (Å²) < 4.78 is 26.9. The zero-order valence-electron chi connectivity index (χ0n) is 22.5. The van der Waals surface area contributed by atoms with Gasteiger partial charge in [0.2, 0.25) is 0 Å². The van der Waals surface area contributed by atoms with Gasteiger partial charge in [0.15, 0.2) is 6.61 Å². The fraction of sp³-hybridized carbons (Fsp3) is 0.308. The third-order valence-corrected chi connectivity index (χ3v) is 5.29. The number of nitrogens with zero attached hydrogens (tertiary/aromatic N) is 5. The number of amides is 1. The van der Waals surface area contributed by atoms with Gasteiger partial charge in [0.1, 0.15) is 23.1 Å². The van der Waals surface area contributed by atoms with Gasteiger partial charge < -0.3 is 23.7 Å². The van der Waals surface area contributed by atoms with Gasteiger partial charge in [0, 0.05) is 0 Å². The minimum Gasteiger partial charge on any atom is -0.463 e. The smallest absolute Gasteiger partial charge is 0.421 e. The average Bonchev–Trinajstić information content (AvgIpc) is 2.96. The van der Waals surface area contributed by atoms with E-state index in [9.17, 15) is 35.1 Å². The Bertz CT molecular complexity index is 1440. The molecule has 2 aromatic carbocycles. The van der Waals surface area contributed by atoms with Crippen molar-refractivity contribution in [3.63, 3.8) is 0 Å². The van der Waals surface area contributed by atoms with Gasteiger partial charge in [0.05, 0.1) is 29.1 Å². The van der Waals surface area contributed by atoms with Crippen molar-refractivity contribution in [2.45, 2.75) is 33.0 Å². The predicted molar refractivity (Wildman–Crippen MR) is 141 cm³/mol. The zero-order chi connectivity index (χ0) is 30.6. The van der Waals surface area contributed by atoms with Crippen LogP contribution in [-0.4, -0.2) is 58.9 Å². The lowest BCUT2D eigenvalue weighted by atomic mass is 10.2. The summed E-state index contributed by atoms with van der Waals surface area (Å²) >= 11 is 0. The summed E-state index contributed by atoms with van der Waals surface area (Å²) in [6.07, 6.45) is -1.75. The second-order valence-corrected chi connectivity index (χ2v) is 8.18. The number of unbranched alkanes of at least 4 members (excludes halogenated alkanes) is 1. The van der Waals surface area contributed by atoms with Crippen LogP contribution in [0, 0.1) is 31.6 Å². The Balaban J connectivity index is 2.18. The lowest BCUT2D eigenvalue weighted by molar-refractivity contribution is -0.421. The van der Waals surface area contributed by atoms with Crippen molar-refractivity contribution in [1.82, 2.24) is 4.90 Å². The van der Waals surface area contributed by atoms with E-state index < -0.39 is 58.0 Å². The lowest BCUT2D eigenvalue weighted by Crippen LogP contribution is -2.49. The molecule has 2 aromatic rings. The van der Waals surface area contributed by atoms with Gasteiger partial charge in [-0.05, 0) is 37.6 Å². The quantitative estimate of drug-likeness (QED) is 0.151. The highest BCUT2D eigenvalue weighted by molar-refractivity contribution is 5.94. The monoisotopic (exact) mass is 583 g/mol. The van der Waals surface area contributed by atoms with E-state index in [0.29, 0.717) is 17.7 Å². The first-order valence-electron chi connectivity index (χ1n) is 12.5. The van der Waals surface area contributed by atoms with Crippen LogP contribution in [0.15, 0.2) is 65.1 Å². The number of ether oxygens (including phenoxy) is 5. The molecule has 16 nitrogen and oxygen atoms in total. The molecule has 1 atom stereocenters. The van der Waals surface area contributed by atoms with Crippen LogP contribution < -0.4 is 9.47 Å². The summed E-state index contributed by atoms with van der Waals surface area (Å²) in [5.41, 5.74) is -1.98. The van der Waals surface area contributed by atoms with Crippen molar-refractivity contribution in [2.24, 2.45) is 4.99 Å². The van der Waals surface area contributed by atoms with E-state index in [2.05, 4.69) is 4.99 Å². The predicted octanol–water partition coefficient (Wildman–Crippen LogP) is 3.88. The van der Waals surface area contributed by atoms with Crippen LogP contribution in [0.3, 0.4) is 0 Å². The average molecular weight is 584 g/mol. The minimum atomic E-state index is -1.72. The first kappa shape index (κ1) is 30.8. The zero-order valence-corrected chi connectivity index (χ0v) is 22.5. The van der Waals surface area contributed by atoms with Gasteiger partial charge in [-0.25, -0.2) is 9.59 Å². The van der Waals surface area contributed by atoms with Crippen LogP contribution >= 0.6 is 0 Å². The fourth-order valence-electron chi connectivity index (χ4n) is 3.39. The molecule has 3 rings (SSSR count). The Morgan fingerprint density at radius 3 is 2.40 bits per heavy atom. The van der Waals surface area contributed by atoms with Crippen LogP contribution in [0.5, 0.6) is 11.5 Å². The summed E-state index contributed by atoms with van der Waals surface area (Å²) in [6.45, 7) is 2.55. The molecule has 220 valence electrons. The Labute approximate surface area is 238 Å². The maximum Gasteiger partial charge on any atom is 0.421 e. The molecule has 16 heteroatoms. The van der Waals surface area contributed by atoms with Crippen molar-refractivity contribution in [3.05, 3.63) is 85.9 Å². The molecule has 0 saturated carbocycles. The van der Waals surface area contributed by atoms with Gasteiger partial charge in [-0.3, -0.25) is 20.2 Å². The first-order valence-corrected chi connectivity index (χ1v) is 12.5. The number of esters is 1. The number of carbonyl (C=O) groups excluding carboxylic acids is 2. The van der Waals surface area contributed by atoms with Crippen molar-refractivity contribution in [1.29, 1.82) is 5.26 Å². The molecule has 0 aromatic heterocycles. The largest absolute Gasteiger partial charge is 0.463 e. The van der Waals surface area contributed by atoms with E-state index in [-0.39, 0.29) is 30.3 Å². The van der Waals surface area contributed by atoms with Crippen LogP contribution in [0.2, 0.25) is 0 Å². The summed E-state index contributed by atoms with van der Waals surface area (Å²) in [5, 5.41) is 33.1. The topological polar surface area (TPSA) is 206 Å². The van der Waals surface area contributed by atoms with E-state index in [0.717, 1.165) is 18.2 Å². The SMILES string of the molecule is CCCCOC(=O)N1C(Oc2ccc(C#N)c([N+](=O)[O-])c2)=C([N+](=O)[O-])C(OCC(=O)OCC)=NC1Oc1ccccc1. The molecule has 0 N–H and O–H groups in total. The number of nitriles is 1. The molecular formula is C26H25N5O11. The highest BCUT2D eigenvalue weighted by Gasteiger charge is 2.46.